The first-order chi connectivity index (χ1) is 15.2. The van der Waals surface area contributed by atoms with Crippen LogP contribution >= 0.6 is 0 Å². The average Bonchev–Trinajstić information content (AvgIpc) is 2.74. The first kappa shape index (κ1) is 23.0. The zero-order valence-corrected chi connectivity index (χ0v) is 18.0. The number of amides is 1. The van der Waals surface area contributed by atoms with Crippen LogP contribution in [0.4, 0.5) is 20.2 Å². The Labute approximate surface area is 184 Å². The molecule has 0 aliphatic rings. The first-order valence-corrected chi connectivity index (χ1v) is 10.8. The van der Waals surface area contributed by atoms with Crippen molar-refractivity contribution in [1.82, 2.24) is 0 Å². The van der Waals surface area contributed by atoms with Gasteiger partial charge in [-0.15, -0.1) is 0 Å². The number of sulfonamides is 1. The maximum absolute atomic E-state index is 12.9. The summed E-state index contributed by atoms with van der Waals surface area (Å²) in [4.78, 5) is 12.6. The van der Waals surface area contributed by atoms with Crippen LogP contribution in [-0.4, -0.2) is 28.0 Å². The van der Waals surface area contributed by atoms with Gasteiger partial charge in [-0.2, -0.15) is 8.78 Å². The van der Waals surface area contributed by atoms with E-state index < -0.39 is 22.5 Å². The molecular formula is C22H20F2N2O5S. The number of rotatable bonds is 8. The predicted molar refractivity (Wildman–Crippen MR) is 116 cm³/mol. The molecule has 0 aliphatic carbocycles. The zero-order chi connectivity index (χ0) is 23.3. The van der Waals surface area contributed by atoms with Crippen LogP contribution < -0.4 is 19.5 Å². The van der Waals surface area contributed by atoms with Crippen molar-refractivity contribution < 1.29 is 31.5 Å². The minimum atomic E-state index is -3.99. The van der Waals surface area contributed by atoms with Crippen LogP contribution in [0.5, 0.6) is 11.5 Å². The van der Waals surface area contributed by atoms with E-state index >= 15 is 0 Å². The van der Waals surface area contributed by atoms with Gasteiger partial charge in [0, 0.05) is 23.0 Å². The van der Waals surface area contributed by atoms with Gasteiger partial charge in [-0.25, -0.2) is 8.42 Å². The first-order valence-electron chi connectivity index (χ1n) is 9.32. The number of benzene rings is 3. The van der Waals surface area contributed by atoms with E-state index in [0.717, 1.165) is 0 Å². The summed E-state index contributed by atoms with van der Waals surface area (Å²) in [7, 11) is -2.49. The molecule has 0 saturated carbocycles. The lowest BCUT2D eigenvalue weighted by Gasteiger charge is -2.13. The van der Waals surface area contributed by atoms with Crippen LogP contribution in [0.3, 0.4) is 0 Å². The standard InChI is InChI=1S/C22H20F2N2O5S/c1-14-6-7-15(21(27)25-17-4-3-5-19(13-17)31-22(23)24)12-20(14)32(28,29)26-16-8-10-18(30-2)11-9-16/h3-13,22,26H,1-2H3,(H,25,27). The molecule has 1 amide bonds. The van der Waals surface area contributed by atoms with E-state index in [1.165, 1.54) is 49.6 Å². The Balaban J connectivity index is 1.82. The summed E-state index contributed by atoms with van der Waals surface area (Å²) >= 11 is 0. The Kier molecular flexibility index (Phi) is 6.94. The molecule has 0 aliphatic heterocycles. The van der Waals surface area contributed by atoms with Crippen LogP contribution in [0, 0.1) is 6.92 Å². The Bertz CT molecular complexity index is 1220. The number of anilines is 2. The van der Waals surface area contributed by atoms with Gasteiger partial charge in [-0.1, -0.05) is 12.1 Å². The molecule has 0 atom stereocenters. The van der Waals surface area contributed by atoms with Crippen LogP contribution in [0.15, 0.2) is 71.6 Å². The molecule has 10 heteroatoms. The van der Waals surface area contributed by atoms with Crippen molar-refractivity contribution in [2.75, 3.05) is 17.1 Å². The highest BCUT2D eigenvalue weighted by molar-refractivity contribution is 7.92. The lowest BCUT2D eigenvalue weighted by molar-refractivity contribution is -0.0498. The predicted octanol–water partition coefficient (Wildman–Crippen LogP) is 4.66. The molecule has 7 nitrogen and oxygen atoms in total. The molecule has 3 aromatic rings. The maximum Gasteiger partial charge on any atom is 0.387 e. The molecule has 3 rings (SSSR count). The van der Waals surface area contributed by atoms with E-state index in [0.29, 0.717) is 17.0 Å². The quantitative estimate of drug-likeness (QED) is 0.508. The minimum Gasteiger partial charge on any atom is -0.497 e. The normalized spacial score (nSPS) is 11.2. The van der Waals surface area contributed by atoms with Gasteiger partial charge in [0.15, 0.2) is 0 Å². The highest BCUT2D eigenvalue weighted by atomic mass is 32.2. The third kappa shape index (κ3) is 5.73. The number of hydrogen-bond acceptors (Lipinski definition) is 5. The van der Waals surface area contributed by atoms with Crippen molar-refractivity contribution in [2.45, 2.75) is 18.4 Å². The summed E-state index contributed by atoms with van der Waals surface area (Å²) in [6, 6.07) is 16.0. The number of methoxy groups -OCH3 is 1. The molecule has 0 spiro atoms. The summed E-state index contributed by atoms with van der Waals surface area (Å²) in [5, 5.41) is 2.54. The number of hydrogen-bond donors (Lipinski definition) is 2. The second-order valence-corrected chi connectivity index (χ2v) is 8.33. The monoisotopic (exact) mass is 462 g/mol. The van der Waals surface area contributed by atoms with Gasteiger partial charge in [-0.3, -0.25) is 9.52 Å². The molecule has 168 valence electrons. The van der Waals surface area contributed by atoms with Crippen molar-refractivity contribution in [3.8, 4) is 11.5 Å². The van der Waals surface area contributed by atoms with Crippen LogP contribution in [0.25, 0.3) is 0 Å². The molecule has 3 aromatic carbocycles. The smallest absolute Gasteiger partial charge is 0.387 e. The van der Waals surface area contributed by atoms with Crippen molar-refractivity contribution in [2.24, 2.45) is 0 Å². The third-order valence-electron chi connectivity index (χ3n) is 4.40. The number of ether oxygens (including phenoxy) is 2. The van der Waals surface area contributed by atoms with E-state index in [2.05, 4.69) is 14.8 Å². The second-order valence-electron chi connectivity index (χ2n) is 6.67. The van der Waals surface area contributed by atoms with E-state index in [-0.39, 0.29) is 21.9 Å². The van der Waals surface area contributed by atoms with Crippen molar-refractivity contribution in [3.63, 3.8) is 0 Å². The number of carbonyl (C=O) groups is 1. The number of aryl methyl sites for hydroxylation is 1. The SMILES string of the molecule is COc1ccc(NS(=O)(=O)c2cc(C(=O)Nc3cccc(OC(F)F)c3)ccc2C)cc1. The van der Waals surface area contributed by atoms with Crippen LogP contribution in [0.2, 0.25) is 0 Å². The van der Waals surface area contributed by atoms with Gasteiger partial charge in [0.2, 0.25) is 0 Å². The molecule has 2 N–H and O–H groups in total. The lowest BCUT2D eigenvalue weighted by atomic mass is 10.1. The van der Waals surface area contributed by atoms with E-state index in [1.54, 1.807) is 31.2 Å². The Morgan fingerprint density at radius 1 is 0.938 bits per heavy atom. The maximum atomic E-state index is 12.9. The molecule has 32 heavy (non-hydrogen) atoms. The van der Waals surface area contributed by atoms with Gasteiger partial charge in [-0.05, 0) is 61.0 Å². The van der Waals surface area contributed by atoms with Gasteiger partial charge < -0.3 is 14.8 Å². The summed E-state index contributed by atoms with van der Waals surface area (Å²) in [5.41, 5.74) is 1.06. The molecule has 0 saturated heterocycles. The fourth-order valence-electron chi connectivity index (χ4n) is 2.85. The fraction of sp³-hybridized carbons (Fsp3) is 0.136. The van der Waals surface area contributed by atoms with E-state index in [9.17, 15) is 22.0 Å². The van der Waals surface area contributed by atoms with Crippen LogP contribution in [0.1, 0.15) is 15.9 Å². The van der Waals surface area contributed by atoms with Gasteiger partial charge in [0.25, 0.3) is 15.9 Å². The second kappa shape index (κ2) is 9.65. The summed E-state index contributed by atoms with van der Waals surface area (Å²) in [5.74, 6) is -0.153. The van der Waals surface area contributed by atoms with Gasteiger partial charge in [0.05, 0.1) is 12.0 Å². The Hall–Kier alpha value is -3.66. The van der Waals surface area contributed by atoms with Gasteiger partial charge in [0.1, 0.15) is 11.5 Å². The number of nitrogens with one attached hydrogen (secondary N) is 2. The third-order valence-corrected chi connectivity index (χ3v) is 5.92. The molecule has 0 bridgehead atoms. The molecule has 0 unspecified atom stereocenters. The Morgan fingerprint density at radius 2 is 1.66 bits per heavy atom. The molecule has 0 fully saturated rings. The Morgan fingerprint density at radius 3 is 2.31 bits per heavy atom. The zero-order valence-electron chi connectivity index (χ0n) is 17.1. The highest BCUT2D eigenvalue weighted by Crippen LogP contribution is 2.24. The summed E-state index contributed by atoms with van der Waals surface area (Å²) < 4.78 is 62.4. The largest absolute Gasteiger partial charge is 0.497 e. The van der Waals surface area contributed by atoms with Crippen molar-refractivity contribution in [1.29, 1.82) is 0 Å². The lowest BCUT2D eigenvalue weighted by Crippen LogP contribution is -2.17. The molecular weight excluding hydrogens is 442 g/mol. The average molecular weight is 462 g/mol. The van der Waals surface area contributed by atoms with Crippen molar-refractivity contribution in [3.05, 3.63) is 77.9 Å². The van der Waals surface area contributed by atoms with E-state index in [1.807, 2.05) is 0 Å². The summed E-state index contributed by atoms with van der Waals surface area (Å²) in [6.45, 7) is -1.39. The molecule has 0 aromatic heterocycles. The van der Waals surface area contributed by atoms with Crippen LogP contribution in [-0.2, 0) is 10.0 Å². The number of alkyl halides is 2. The van der Waals surface area contributed by atoms with Gasteiger partial charge >= 0.3 is 6.61 Å². The minimum absolute atomic E-state index is 0.0734. The highest BCUT2D eigenvalue weighted by Gasteiger charge is 2.20. The van der Waals surface area contributed by atoms with E-state index in [4.69, 9.17) is 4.74 Å². The number of halogens is 2. The fourth-order valence-corrected chi connectivity index (χ4v) is 4.18. The molecule has 0 heterocycles. The van der Waals surface area contributed by atoms with Crippen molar-refractivity contribution >= 4 is 27.3 Å². The number of carbonyl (C=O) groups excluding carboxylic acids is 1. The topological polar surface area (TPSA) is 93.7 Å². The summed E-state index contributed by atoms with van der Waals surface area (Å²) in [6.07, 6.45) is 0. The molecule has 0 radical (unpaired) electrons.